The smallest absolute Gasteiger partial charge is 0.263 e. The SMILES string of the molecule is Cc1cc(NC(=O)CN(C)C(=O)C(C)Oc2ccccc2Cl)no1. The number of halogens is 1. The van der Waals surface area contributed by atoms with Crippen LogP contribution in [0, 0.1) is 6.92 Å². The number of hydrogen-bond acceptors (Lipinski definition) is 5. The quantitative estimate of drug-likeness (QED) is 0.864. The minimum absolute atomic E-state index is 0.138. The van der Waals surface area contributed by atoms with E-state index in [9.17, 15) is 9.59 Å². The highest BCUT2D eigenvalue weighted by Crippen LogP contribution is 2.24. The maximum Gasteiger partial charge on any atom is 0.263 e. The Morgan fingerprint density at radius 2 is 2.12 bits per heavy atom. The van der Waals surface area contributed by atoms with Gasteiger partial charge in [0, 0.05) is 13.1 Å². The zero-order valence-corrected chi connectivity index (χ0v) is 14.3. The highest BCUT2D eigenvalue weighted by Gasteiger charge is 2.22. The molecule has 0 bridgehead atoms. The average Bonchev–Trinajstić information content (AvgIpc) is 2.93. The average molecular weight is 352 g/mol. The van der Waals surface area contributed by atoms with Crippen molar-refractivity contribution >= 4 is 29.2 Å². The molecular weight excluding hydrogens is 334 g/mol. The van der Waals surface area contributed by atoms with Crippen molar-refractivity contribution in [2.45, 2.75) is 20.0 Å². The van der Waals surface area contributed by atoms with Crippen molar-refractivity contribution in [1.82, 2.24) is 10.1 Å². The zero-order chi connectivity index (χ0) is 17.7. The predicted octanol–water partition coefficient (Wildman–Crippen LogP) is 2.50. The highest BCUT2D eigenvalue weighted by molar-refractivity contribution is 6.32. The highest BCUT2D eigenvalue weighted by atomic mass is 35.5. The number of amides is 2. The van der Waals surface area contributed by atoms with E-state index >= 15 is 0 Å². The molecule has 1 atom stereocenters. The van der Waals surface area contributed by atoms with Gasteiger partial charge in [-0.15, -0.1) is 0 Å². The van der Waals surface area contributed by atoms with Crippen molar-refractivity contribution in [1.29, 1.82) is 0 Å². The number of rotatable bonds is 6. The predicted molar refractivity (Wildman–Crippen MR) is 89.0 cm³/mol. The fraction of sp³-hybridized carbons (Fsp3) is 0.312. The number of carbonyl (C=O) groups is 2. The van der Waals surface area contributed by atoms with Crippen LogP contribution in [0.2, 0.25) is 5.02 Å². The van der Waals surface area contributed by atoms with Crippen LogP contribution in [0.3, 0.4) is 0 Å². The summed E-state index contributed by atoms with van der Waals surface area (Å²) in [5.41, 5.74) is 0. The van der Waals surface area contributed by atoms with Gasteiger partial charge in [0.25, 0.3) is 5.91 Å². The van der Waals surface area contributed by atoms with Gasteiger partial charge in [-0.2, -0.15) is 0 Å². The van der Waals surface area contributed by atoms with Crippen LogP contribution in [0.15, 0.2) is 34.9 Å². The summed E-state index contributed by atoms with van der Waals surface area (Å²) in [6, 6.07) is 8.46. The minimum atomic E-state index is -0.781. The molecule has 1 aromatic carbocycles. The van der Waals surface area contributed by atoms with Gasteiger partial charge in [-0.25, -0.2) is 0 Å². The van der Waals surface area contributed by atoms with Gasteiger partial charge >= 0.3 is 0 Å². The number of aromatic nitrogens is 1. The fourth-order valence-corrected chi connectivity index (χ4v) is 2.17. The van der Waals surface area contributed by atoms with Crippen molar-refractivity contribution in [3.63, 3.8) is 0 Å². The Kier molecular flexibility index (Phi) is 5.81. The Morgan fingerprint density at radius 1 is 1.42 bits per heavy atom. The topological polar surface area (TPSA) is 84.7 Å². The van der Waals surface area contributed by atoms with Gasteiger partial charge in [0.15, 0.2) is 11.9 Å². The summed E-state index contributed by atoms with van der Waals surface area (Å²) >= 11 is 6.00. The molecule has 0 saturated carbocycles. The van der Waals surface area contributed by atoms with Crippen molar-refractivity contribution < 1.29 is 18.8 Å². The van der Waals surface area contributed by atoms with Gasteiger partial charge in [0.2, 0.25) is 5.91 Å². The van der Waals surface area contributed by atoms with Crippen LogP contribution in [-0.4, -0.2) is 41.6 Å². The molecule has 0 saturated heterocycles. The summed E-state index contributed by atoms with van der Waals surface area (Å²) in [5.74, 6) is 0.566. The number of likely N-dealkylation sites (N-methyl/N-ethyl adjacent to an activating group) is 1. The number of nitrogens with one attached hydrogen (secondary N) is 1. The maximum absolute atomic E-state index is 12.3. The standard InChI is InChI=1S/C16H18ClN3O4/c1-10-8-14(19-24-10)18-15(21)9-20(3)16(22)11(2)23-13-7-5-4-6-12(13)17/h4-8,11H,9H2,1-3H3,(H,18,19,21). The molecule has 0 radical (unpaired) electrons. The second-order valence-corrected chi connectivity index (χ2v) is 5.66. The largest absolute Gasteiger partial charge is 0.479 e. The first-order valence-electron chi connectivity index (χ1n) is 7.26. The van der Waals surface area contributed by atoms with E-state index in [1.807, 2.05) is 0 Å². The zero-order valence-electron chi connectivity index (χ0n) is 13.6. The van der Waals surface area contributed by atoms with Gasteiger partial charge < -0.3 is 19.5 Å². The van der Waals surface area contributed by atoms with Crippen LogP contribution in [-0.2, 0) is 9.59 Å². The normalized spacial score (nSPS) is 11.7. The van der Waals surface area contributed by atoms with Crippen molar-refractivity contribution in [3.8, 4) is 5.75 Å². The molecule has 1 heterocycles. The van der Waals surface area contributed by atoms with Crippen LogP contribution in [0.1, 0.15) is 12.7 Å². The van der Waals surface area contributed by atoms with Gasteiger partial charge in [0.05, 0.1) is 11.6 Å². The number of nitrogens with zero attached hydrogens (tertiary/aromatic N) is 2. The summed E-state index contributed by atoms with van der Waals surface area (Å²) in [6.45, 7) is 3.17. The number of para-hydroxylation sites is 1. The molecule has 2 rings (SSSR count). The number of ether oxygens (including phenoxy) is 1. The van der Waals surface area contributed by atoms with E-state index in [0.717, 1.165) is 0 Å². The van der Waals surface area contributed by atoms with Gasteiger partial charge in [0.1, 0.15) is 11.5 Å². The summed E-state index contributed by atoms with van der Waals surface area (Å²) in [5, 5.41) is 6.62. The Morgan fingerprint density at radius 3 is 2.75 bits per heavy atom. The number of anilines is 1. The minimum Gasteiger partial charge on any atom is -0.479 e. The first kappa shape index (κ1) is 17.8. The molecule has 128 valence electrons. The molecule has 1 aromatic heterocycles. The van der Waals surface area contributed by atoms with E-state index in [0.29, 0.717) is 22.4 Å². The molecule has 8 heteroatoms. The third kappa shape index (κ3) is 4.73. The molecule has 0 fully saturated rings. The lowest BCUT2D eigenvalue weighted by Crippen LogP contribution is -2.42. The molecular formula is C16H18ClN3O4. The van der Waals surface area contributed by atoms with Crippen LogP contribution in [0.5, 0.6) is 5.75 Å². The Balaban J connectivity index is 1.88. The second kappa shape index (κ2) is 7.83. The number of hydrogen-bond donors (Lipinski definition) is 1. The second-order valence-electron chi connectivity index (χ2n) is 5.26. The number of benzene rings is 1. The molecule has 7 nitrogen and oxygen atoms in total. The first-order valence-corrected chi connectivity index (χ1v) is 7.64. The van der Waals surface area contributed by atoms with E-state index in [1.54, 1.807) is 44.2 Å². The lowest BCUT2D eigenvalue weighted by atomic mass is 10.3. The number of carbonyl (C=O) groups excluding carboxylic acids is 2. The monoisotopic (exact) mass is 351 g/mol. The molecule has 0 aliphatic rings. The van der Waals surface area contributed by atoms with Crippen molar-refractivity contribution in [2.75, 3.05) is 18.9 Å². The Bertz CT molecular complexity index is 732. The summed E-state index contributed by atoms with van der Waals surface area (Å²) in [6.07, 6.45) is -0.781. The molecule has 1 unspecified atom stereocenters. The van der Waals surface area contributed by atoms with Crippen molar-refractivity contribution in [3.05, 3.63) is 41.1 Å². The molecule has 1 N–H and O–H groups in total. The van der Waals surface area contributed by atoms with Gasteiger partial charge in [-0.3, -0.25) is 9.59 Å². The molecule has 0 aliphatic heterocycles. The molecule has 0 spiro atoms. The third-order valence-corrected chi connectivity index (χ3v) is 3.45. The van der Waals surface area contributed by atoms with Crippen LogP contribution >= 0.6 is 11.6 Å². The van der Waals surface area contributed by atoms with Gasteiger partial charge in [-0.05, 0) is 26.0 Å². The summed E-state index contributed by atoms with van der Waals surface area (Å²) < 4.78 is 10.4. The first-order chi connectivity index (χ1) is 11.4. The molecule has 2 amide bonds. The van der Waals surface area contributed by atoms with E-state index < -0.39 is 6.10 Å². The van der Waals surface area contributed by atoms with Crippen LogP contribution in [0.25, 0.3) is 0 Å². The summed E-state index contributed by atoms with van der Waals surface area (Å²) in [4.78, 5) is 25.5. The fourth-order valence-electron chi connectivity index (χ4n) is 1.99. The van der Waals surface area contributed by atoms with Crippen molar-refractivity contribution in [2.24, 2.45) is 0 Å². The van der Waals surface area contributed by atoms with E-state index in [4.69, 9.17) is 20.9 Å². The molecule has 2 aromatic rings. The Hall–Kier alpha value is -2.54. The van der Waals surface area contributed by atoms with E-state index in [1.165, 1.54) is 11.9 Å². The van der Waals surface area contributed by atoms with E-state index in [2.05, 4.69) is 10.5 Å². The Labute approximate surface area is 144 Å². The maximum atomic E-state index is 12.3. The van der Waals surface area contributed by atoms with Crippen LogP contribution < -0.4 is 10.1 Å². The lowest BCUT2D eigenvalue weighted by Gasteiger charge is -2.21. The van der Waals surface area contributed by atoms with Crippen LogP contribution in [0.4, 0.5) is 5.82 Å². The van der Waals surface area contributed by atoms with Gasteiger partial charge in [-0.1, -0.05) is 28.9 Å². The lowest BCUT2D eigenvalue weighted by molar-refractivity contribution is -0.139. The van der Waals surface area contributed by atoms with E-state index in [-0.39, 0.29) is 18.4 Å². The number of aryl methyl sites for hydroxylation is 1. The molecule has 24 heavy (non-hydrogen) atoms. The summed E-state index contributed by atoms with van der Waals surface area (Å²) in [7, 11) is 1.52. The molecule has 0 aliphatic carbocycles. The third-order valence-electron chi connectivity index (χ3n) is 3.14.